The normalized spacial score (nSPS) is 12.7. The van der Waals surface area contributed by atoms with E-state index in [0.717, 1.165) is 19.3 Å². The van der Waals surface area contributed by atoms with Gasteiger partial charge >= 0.3 is 0 Å². The van der Waals surface area contributed by atoms with Crippen molar-refractivity contribution in [1.29, 1.82) is 0 Å². The van der Waals surface area contributed by atoms with Crippen LogP contribution >= 0.6 is 0 Å². The fourth-order valence-corrected chi connectivity index (χ4v) is 1.18. The van der Waals surface area contributed by atoms with Crippen LogP contribution < -0.4 is 0 Å². The van der Waals surface area contributed by atoms with Crippen LogP contribution in [-0.2, 0) is 0 Å². The highest BCUT2D eigenvalue weighted by Gasteiger charge is 1.97. The van der Waals surface area contributed by atoms with Crippen molar-refractivity contribution in [3.8, 4) is 0 Å². The van der Waals surface area contributed by atoms with Crippen LogP contribution in [0.5, 0.6) is 0 Å². The Labute approximate surface area is 70.1 Å². The molecule has 1 nitrogen and oxygen atoms in total. The van der Waals surface area contributed by atoms with E-state index in [1.807, 2.05) is 0 Å². The Morgan fingerprint density at radius 3 is 2.27 bits per heavy atom. The minimum atomic E-state index is 0.304. The van der Waals surface area contributed by atoms with E-state index in [4.69, 9.17) is 5.11 Å². The molecule has 0 saturated heterocycles. The average molecular weight is 156 g/mol. The van der Waals surface area contributed by atoms with E-state index in [2.05, 4.69) is 26.8 Å². The maximum Gasteiger partial charge on any atom is 0.0436 e. The molecule has 0 bridgehead atoms. The van der Waals surface area contributed by atoms with Gasteiger partial charge in [-0.2, -0.15) is 0 Å². The third-order valence-corrected chi connectivity index (χ3v) is 2.01. The molecular weight excluding hydrogens is 136 g/mol. The lowest BCUT2D eigenvalue weighted by atomic mass is 10.0. The van der Waals surface area contributed by atoms with Gasteiger partial charge in [0.1, 0.15) is 0 Å². The van der Waals surface area contributed by atoms with Gasteiger partial charge in [-0.1, -0.05) is 32.4 Å². The molecule has 0 aromatic rings. The Bertz CT molecular complexity index is 110. The zero-order valence-corrected chi connectivity index (χ0v) is 7.93. The number of hydrogen-bond donors (Lipinski definition) is 1. The van der Waals surface area contributed by atoms with Crippen molar-refractivity contribution < 1.29 is 5.11 Å². The Hall–Kier alpha value is -0.300. The Balaban J connectivity index is 3.81. The van der Waals surface area contributed by atoms with E-state index in [1.165, 1.54) is 5.57 Å². The summed E-state index contributed by atoms with van der Waals surface area (Å²) in [4.78, 5) is 0. The minimum absolute atomic E-state index is 0.304. The molecule has 0 spiro atoms. The molecule has 11 heavy (non-hydrogen) atoms. The monoisotopic (exact) mass is 156 g/mol. The quantitative estimate of drug-likeness (QED) is 0.607. The topological polar surface area (TPSA) is 20.2 Å². The first kappa shape index (κ1) is 10.7. The SMILES string of the molecule is CCC(=CC(C)CCO)CC. The maximum absolute atomic E-state index is 8.67. The van der Waals surface area contributed by atoms with Crippen molar-refractivity contribution in [1.82, 2.24) is 0 Å². The lowest BCUT2D eigenvalue weighted by Crippen LogP contribution is -1.95. The molecule has 1 heteroatoms. The lowest BCUT2D eigenvalue weighted by molar-refractivity contribution is 0.274. The molecule has 1 unspecified atom stereocenters. The standard InChI is InChI=1S/C10H20O/c1-4-10(5-2)8-9(3)6-7-11/h8-9,11H,4-7H2,1-3H3. The summed E-state index contributed by atoms with van der Waals surface area (Å²) in [6.07, 6.45) is 5.47. The summed E-state index contributed by atoms with van der Waals surface area (Å²) in [5, 5.41) is 8.67. The summed E-state index contributed by atoms with van der Waals surface area (Å²) in [7, 11) is 0. The van der Waals surface area contributed by atoms with Crippen LogP contribution in [0.2, 0.25) is 0 Å². The van der Waals surface area contributed by atoms with Crippen molar-refractivity contribution in [3.63, 3.8) is 0 Å². The summed E-state index contributed by atoms with van der Waals surface area (Å²) >= 11 is 0. The third-order valence-electron chi connectivity index (χ3n) is 2.01. The summed E-state index contributed by atoms with van der Waals surface area (Å²) in [6.45, 7) is 6.82. The molecule has 0 aromatic heterocycles. The lowest BCUT2D eigenvalue weighted by Gasteiger charge is -2.06. The largest absolute Gasteiger partial charge is 0.396 e. The summed E-state index contributed by atoms with van der Waals surface area (Å²) in [5.41, 5.74) is 1.51. The second kappa shape index (κ2) is 6.41. The van der Waals surface area contributed by atoms with Crippen LogP contribution in [0.4, 0.5) is 0 Å². The van der Waals surface area contributed by atoms with E-state index < -0.39 is 0 Å². The van der Waals surface area contributed by atoms with E-state index >= 15 is 0 Å². The van der Waals surface area contributed by atoms with Gasteiger partial charge in [-0.3, -0.25) is 0 Å². The van der Waals surface area contributed by atoms with Crippen molar-refractivity contribution in [3.05, 3.63) is 11.6 Å². The first-order valence-corrected chi connectivity index (χ1v) is 4.55. The molecule has 1 N–H and O–H groups in total. The predicted octanol–water partition coefficient (Wildman–Crippen LogP) is 2.75. The fourth-order valence-electron chi connectivity index (χ4n) is 1.18. The Morgan fingerprint density at radius 2 is 1.91 bits per heavy atom. The summed E-state index contributed by atoms with van der Waals surface area (Å²) in [5.74, 6) is 0.537. The second-order valence-electron chi connectivity index (χ2n) is 3.02. The first-order valence-electron chi connectivity index (χ1n) is 4.55. The van der Waals surface area contributed by atoms with Crippen LogP contribution in [0, 0.1) is 5.92 Å². The van der Waals surface area contributed by atoms with Crippen molar-refractivity contribution in [2.24, 2.45) is 5.92 Å². The van der Waals surface area contributed by atoms with Gasteiger partial charge in [0.25, 0.3) is 0 Å². The molecule has 0 saturated carbocycles. The second-order valence-corrected chi connectivity index (χ2v) is 3.02. The van der Waals surface area contributed by atoms with E-state index in [-0.39, 0.29) is 0 Å². The van der Waals surface area contributed by atoms with Crippen LogP contribution in [0.25, 0.3) is 0 Å². The van der Waals surface area contributed by atoms with Crippen molar-refractivity contribution in [2.75, 3.05) is 6.61 Å². The molecule has 0 heterocycles. The molecule has 0 aliphatic rings. The molecule has 0 rings (SSSR count). The van der Waals surface area contributed by atoms with Gasteiger partial charge in [-0.15, -0.1) is 0 Å². The molecule has 0 fully saturated rings. The molecule has 0 aliphatic carbocycles. The molecule has 0 radical (unpaired) electrons. The minimum Gasteiger partial charge on any atom is -0.396 e. The van der Waals surface area contributed by atoms with Crippen LogP contribution in [0.15, 0.2) is 11.6 Å². The first-order chi connectivity index (χ1) is 5.24. The average Bonchev–Trinajstić information content (AvgIpc) is 2.01. The van der Waals surface area contributed by atoms with Crippen LogP contribution in [0.3, 0.4) is 0 Å². The predicted molar refractivity (Wildman–Crippen MR) is 49.5 cm³/mol. The summed E-state index contributed by atoms with van der Waals surface area (Å²) in [6, 6.07) is 0. The van der Waals surface area contributed by atoms with E-state index in [0.29, 0.717) is 12.5 Å². The molecule has 1 atom stereocenters. The molecule has 66 valence electrons. The zero-order chi connectivity index (χ0) is 8.69. The number of hydrogen-bond acceptors (Lipinski definition) is 1. The van der Waals surface area contributed by atoms with E-state index in [1.54, 1.807) is 0 Å². The van der Waals surface area contributed by atoms with E-state index in [9.17, 15) is 0 Å². The van der Waals surface area contributed by atoms with Gasteiger partial charge in [-0.25, -0.2) is 0 Å². The Morgan fingerprint density at radius 1 is 1.36 bits per heavy atom. The molecule has 0 aliphatic heterocycles. The van der Waals surface area contributed by atoms with Gasteiger partial charge in [0.05, 0.1) is 0 Å². The van der Waals surface area contributed by atoms with Gasteiger partial charge in [0.15, 0.2) is 0 Å². The molecular formula is C10H20O. The third kappa shape index (κ3) is 5.02. The maximum atomic E-state index is 8.67. The smallest absolute Gasteiger partial charge is 0.0436 e. The van der Waals surface area contributed by atoms with Gasteiger partial charge in [0, 0.05) is 6.61 Å². The van der Waals surface area contributed by atoms with Crippen molar-refractivity contribution >= 4 is 0 Å². The number of aliphatic hydroxyl groups is 1. The fraction of sp³-hybridized carbons (Fsp3) is 0.800. The number of aliphatic hydroxyl groups excluding tert-OH is 1. The highest BCUT2D eigenvalue weighted by molar-refractivity contribution is 5.02. The summed E-state index contributed by atoms with van der Waals surface area (Å²) < 4.78 is 0. The number of allylic oxidation sites excluding steroid dienone is 2. The Kier molecular flexibility index (Phi) is 6.24. The molecule has 0 aromatic carbocycles. The zero-order valence-electron chi connectivity index (χ0n) is 7.93. The van der Waals surface area contributed by atoms with Gasteiger partial charge < -0.3 is 5.11 Å². The van der Waals surface area contributed by atoms with Gasteiger partial charge in [0.2, 0.25) is 0 Å². The number of rotatable bonds is 5. The highest BCUT2D eigenvalue weighted by Crippen LogP contribution is 2.12. The molecule has 0 amide bonds. The van der Waals surface area contributed by atoms with Crippen LogP contribution in [-0.4, -0.2) is 11.7 Å². The van der Waals surface area contributed by atoms with Gasteiger partial charge in [-0.05, 0) is 25.2 Å². The van der Waals surface area contributed by atoms with Crippen LogP contribution in [0.1, 0.15) is 40.0 Å². The van der Waals surface area contributed by atoms with Crippen molar-refractivity contribution in [2.45, 2.75) is 40.0 Å². The highest BCUT2D eigenvalue weighted by atomic mass is 16.2.